The molecule has 0 unspecified atom stereocenters. The van der Waals surface area contributed by atoms with E-state index in [2.05, 4.69) is 0 Å². The van der Waals surface area contributed by atoms with Gasteiger partial charge in [-0.15, -0.1) is 0 Å². The average molecular weight is 373 g/mol. The summed E-state index contributed by atoms with van der Waals surface area (Å²) in [6, 6.07) is 15.7. The number of sulfonamides is 1. The molecule has 0 atom stereocenters. The van der Waals surface area contributed by atoms with Gasteiger partial charge >= 0.3 is 0 Å². The number of carbonyl (C=O) groups is 1. The molecule has 2 aromatic rings. The summed E-state index contributed by atoms with van der Waals surface area (Å²) in [6.45, 7) is 3.14. The van der Waals surface area contributed by atoms with Crippen molar-refractivity contribution in [2.75, 3.05) is 19.7 Å². The van der Waals surface area contributed by atoms with E-state index in [4.69, 9.17) is 4.74 Å². The quantitative estimate of drug-likeness (QED) is 0.728. The molecule has 0 spiro atoms. The Bertz CT molecular complexity index is 839. The highest BCUT2D eigenvalue weighted by Gasteiger charge is 2.32. The van der Waals surface area contributed by atoms with E-state index >= 15 is 0 Å². The van der Waals surface area contributed by atoms with E-state index in [9.17, 15) is 13.2 Å². The van der Waals surface area contributed by atoms with Gasteiger partial charge in [0.05, 0.1) is 11.5 Å². The summed E-state index contributed by atoms with van der Waals surface area (Å²) in [4.78, 5) is 12.8. The summed E-state index contributed by atoms with van der Waals surface area (Å²) >= 11 is 0. The first-order valence-electron chi connectivity index (χ1n) is 8.84. The standard InChI is InChI=1S/C20H23NO4S/c1-2-25-18-8-10-19(11-9-18)26(23,24)21-14-12-17(13-15-21)20(22)16-6-4-3-5-7-16/h3-11,17H,2,12-15H2,1H3. The van der Waals surface area contributed by atoms with E-state index < -0.39 is 10.0 Å². The third-order valence-corrected chi connectivity index (χ3v) is 6.57. The van der Waals surface area contributed by atoms with Gasteiger partial charge in [-0.25, -0.2) is 8.42 Å². The van der Waals surface area contributed by atoms with E-state index in [-0.39, 0.29) is 16.6 Å². The Morgan fingerprint density at radius 3 is 2.23 bits per heavy atom. The van der Waals surface area contributed by atoms with Gasteiger partial charge in [0.15, 0.2) is 5.78 Å². The number of hydrogen-bond donors (Lipinski definition) is 0. The Labute approximate surface area is 154 Å². The van der Waals surface area contributed by atoms with Gasteiger partial charge < -0.3 is 4.74 Å². The maximum Gasteiger partial charge on any atom is 0.243 e. The van der Waals surface area contributed by atoms with Crippen LogP contribution in [0.1, 0.15) is 30.1 Å². The summed E-state index contributed by atoms with van der Waals surface area (Å²) in [5, 5.41) is 0. The number of nitrogens with zero attached hydrogens (tertiary/aromatic N) is 1. The summed E-state index contributed by atoms with van der Waals surface area (Å²) in [6.07, 6.45) is 1.09. The molecule has 0 aromatic heterocycles. The topological polar surface area (TPSA) is 63.7 Å². The lowest BCUT2D eigenvalue weighted by molar-refractivity contribution is 0.0875. The predicted molar refractivity (Wildman–Crippen MR) is 99.9 cm³/mol. The zero-order valence-corrected chi connectivity index (χ0v) is 15.6. The fraction of sp³-hybridized carbons (Fsp3) is 0.350. The summed E-state index contributed by atoms with van der Waals surface area (Å²) < 4.78 is 32.4. The summed E-state index contributed by atoms with van der Waals surface area (Å²) in [5.41, 5.74) is 0.695. The molecule has 138 valence electrons. The largest absolute Gasteiger partial charge is 0.494 e. The molecule has 0 aliphatic carbocycles. The first kappa shape index (κ1) is 18.6. The lowest BCUT2D eigenvalue weighted by Gasteiger charge is -2.30. The first-order chi connectivity index (χ1) is 12.5. The smallest absolute Gasteiger partial charge is 0.243 e. The van der Waals surface area contributed by atoms with Gasteiger partial charge in [-0.1, -0.05) is 30.3 Å². The van der Waals surface area contributed by atoms with E-state index in [1.165, 1.54) is 4.31 Å². The number of ketones is 1. The zero-order valence-electron chi connectivity index (χ0n) is 14.8. The Morgan fingerprint density at radius 2 is 1.65 bits per heavy atom. The Kier molecular flexibility index (Phi) is 5.74. The maximum atomic E-state index is 12.8. The van der Waals surface area contributed by atoms with E-state index in [1.807, 2.05) is 37.3 Å². The van der Waals surface area contributed by atoms with E-state index in [0.29, 0.717) is 43.9 Å². The minimum absolute atomic E-state index is 0.101. The molecule has 26 heavy (non-hydrogen) atoms. The molecule has 0 radical (unpaired) electrons. The van der Waals surface area contributed by atoms with Gasteiger partial charge in [0, 0.05) is 24.6 Å². The molecule has 3 rings (SSSR count). The Balaban J connectivity index is 1.66. The van der Waals surface area contributed by atoms with Crippen LogP contribution < -0.4 is 4.74 Å². The number of hydrogen-bond acceptors (Lipinski definition) is 4. The van der Waals surface area contributed by atoms with Crippen molar-refractivity contribution in [3.8, 4) is 5.75 Å². The van der Waals surface area contributed by atoms with Crippen molar-refractivity contribution < 1.29 is 17.9 Å². The van der Waals surface area contributed by atoms with Gasteiger partial charge in [0.2, 0.25) is 10.0 Å². The molecular formula is C20H23NO4S. The Morgan fingerprint density at radius 1 is 1.04 bits per heavy atom. The SMILES string of the molecule is CCOc1ccc(S(=O)(=O)N2CCC(C(=O)c3ccccc3)CC2)cc1. The molecule has 1 aliphatic rings. The van der Waals surface area contributed by atoms with Crippen LogP contribution in [0.2, 0.25) is 0 Å². The number of benzene rings is 2. The second-order valence-corrected chi connectivity index (χ2v) is 8.25. The van der Waals surface area contributed by atoms with Crippen LogP contribution in [0.5, 0.6) is 5.75 Å². The summed E-state index contributed by atoms with van der Waals surface area (Å²) in [5.74, 6) is 0.631. The number of Topliss-reactive ketones (excluding diaryl/α,β-unsaturated/α-hetero) is 1. The molecule has 1 aliphatic heterocycles. The fourth-order valence-electron chi connectivity index (χ4n) is 3.22. The molecule has 5 nitrogen and oxygen atoms in total. The normalized spacial score (nSPS) is 16.3. The van der Waals surface area contributed by atoms with Crippen LogP contribution >= 0.6 is 0 Å². The van der Waals surface area contributed by atoms with Crippen LogP contribution in [-0.4, -0.2) is 38.2 Å². The first-order valence-corrected chi connectivity index (χ1v) is 10.3. The van der Waals surface area contributed by atoms with Gasteiger partial charge in [-0.3, -0.25) is 4.79 Å². The molecule has 0 bridgehead atoms. The molecular weight excluding hydrogens is 350 g/mol. The molecule has 0 amide bonds. The van der Waals surface area contributed by atoms with Crippen LogP contribution in [0.3, 0.4) is 0 Å². The van der Waals surface area contributed by atoms with E-state index in [0.717, 1.165) is 0 Å². The monoisotopic (exact) mass is 373 g/mol. The second kappa shape index (κ2) is 8.01. The predicted octanol–water partition coefficient (Wildman–Crippen LogP) is 3.37. The van der Waals surface area contributed by atoms with Crippen LogP contribution in [0, 0.1) is 5.92 Å². The van der Waals surface area contributed by atoms with Crippen molar-refractivity contribution in [1.82, 2.24) is 4.31 Å². The minimum Gasteiger partial charge on any atom is -0.494 e. The summed E-state index contributed by atoms with van der Waals surface area (Å²) in [7, 11) is -3.54. The molecule has 1 saturated heterocycles. The highest BCUT2D eigenvalue weighted by atomic mass is 32.2. The number of piperidine rings is 1. The molecule has 2 aromatic carbocycles. The van der Waals surface area contributed by atoms with Crippen molar-refractivity contribution in [2.45, 2.75) is 24.7 Å². The number of ether oxygens (including phenoxy) is 1. The Hall–Kier alpha value is -2.18. The van der Waals surface area contributed by atoms with Crippen molar-refractivity contribution in [3.05, 3.63) is 60.2 Å². The number of rotatable bonds is 6. The lowest BCUT2D eigenvalue weighted by atomic mass is 9.90. The van der Waals surface area contributed by atoms with Crippen LogP contribution in [0.15, 0.2) is 59.5 Å². The zero-order chi connectivity index (χ0) is 18.6. The molecule has 1 heterocycles. The highest BCUT2D eigenvalue weighted by Crippen LogP contribution is 2.27. The molecule has 1 fully saturated rings. The fourth-order valence-corrected chi connectivity index (χ4v) is 4.69. The van der Waals surface area contributed by atoms with Gasteiger partial charge in [-0.05, 0) is 44.0 Å². The minimum atomic E-state index is -3.54. The molecule has 6 heteroatoms. The third-order valence-electron chi connectivity index (χ3n) is 4.66. The van der Waals surface area contributed by atoms with Crippen LogP contribution in [0.25, 0.3) is 0 Å². The van der Waals surface area contributed by atoms with Crippen LogP contribution in [-0.2, 0) is 10.0 Å². The molecule has 0 saturated carbocycles. The number of carbonyl (C=O) groups excluding carboxylic acids is 1. The van der Waals surface area contributed by atoms with Gasteiger partial charge in [-0.2, -0.15) is 4.31 Å². The second-order valence-electron chi connectivity index (χ2n) is 6.31. The van der Waals surface area contributed by atoms with Gasteiger partial charge in [0.1, 0.15) is 5.75 Å². The van der Waals surface area contributed by atoms with E-state index in [1.54, 1.807) is 24.3 Å². The highest BCUT2D eigenvalue weighted by molar-refractivity contribution is 7.89. The third kappa shape index (κ3) is 3.97. The van der Waals surface area contributed by atoms with Crippen LogP contribution in [0.4, 0.5) is 0 Å². The maximum absolute atomic E-state index is 12.8. The average Bonchev–Trinajstić information content (AvgIpc) is 2.69. The van der Waals surface area contributed by atoms with Crippen molar-refractivity contribution in [3.63, 3.8) is 0 Å². The molecule has 0 N–H and O–H groups in total. The van der Waals surface area contributed by atoms with Crippen molar-refractivity contribution in [1.29, 1.82) is 0 Å². The van der Waals surface area contributed by atoms with Gasteiger partial charge in [0.25, 0.3) is 0 Å². The van der Waals surface area contributed by atoms with Crippen molar-refractivity contribution >= 4 is 15.8 Å². The van der Waals surface area contributed by atoms with Crippen molar-refractivity contribution in [2.24, 2.45) is 5.92 Å². The lowest BCUT2D eigenvalue weighted by Crippen LogP contribution is -2.40.